The number of hydrogen-bond acceptors (Lipinski definition) is 3. The van der Waals surface area contributed by atoms with E-state index in [9.17, 15) is 14.7 Å². The van der Waals surface area contributed by atoms with Gasteiger partial charge in [0.25, 0.3) is 0 Å². The Labute approximate surface area is 124 Å². The Hall–Kier alpha value is -1.85. The Bertz CT molecular complexity index is 516. The van der Waals surface area contributed by atoms with Crippen molar-refractivity contribution in [3.05, 3.63) is 11.8 Å². The van der Waals surface area contributed by atoms with Crippen LogP contribution in [0, 0.1) is 5.41 Å². The third-order valence-electron chi connectivity index (χ3n) is 4.25. The van der Waals surface area contributed by atoms with E-state index in [1.807, 2.05) is 13.8 Å². The molecule has 0 aromatic carbocycles. The van der Waals surface area contributed by atoms with Crippen LogP contribution in [0.4, 0.5) is 5.82 Å². The molecule has 0 unspecified atom stereocenters. The highest BCUT2D eigenvalue weighted by Crippen LogP contribution is 2.39. The fourth-order valence-corrected chi connectivity index (χ4v) is 2.89. The molecule has 1 aliphatic rings. The van der Waals surface area contributed by atoms with E-state index in [1.54, 1.807) is 6.07 Å². The van der Waals surface area contributed by atoms with E-state index in [2.05, 4.69) is 15.5 Å². The number of anilines is 1. The first-order valence-electron chi connectivity index (χ1n) is 7.51. The summed E-state index contributed by atoms with van der Waals surface area (Å²) in [5.74, 6) is -0.379. The monoisotopic (exact) mass is 293 g/mol. The average Bonchev–Trinajstić information content (AvgIpc) is 2.88. The van der Waals surface area contributed by atoms with Crippen LogP contribution in [0.2, 0.25) is 0 Å². The molecule has 2 rings (SSSR count). The van der Waals surface area contributed by atoms with Crippen LogP contribution in [0.3, 0.4) is 0 Å². The zero-order valence-electron chi connectivity index (χ0n) is 12.6. The lowest BCUT2D eigenvalue weighted by molar-refractivity contribution is -0.153. The van der Waals surface area contributed by atoms with Crippen LogP contribution in [0.5, 0.6) is 0 Å². The molecule has 1 aromatic rings. The number of carboxylic acids is 1. The van der Waals surface area contributed by atoms with Gasteiger partial charge in [0, 0.05) is 18.2 Å². The summed E-state index contributed by atoms with van der Waals surface area (Å²) in [4.78, 5) is 23.7. The van der Waals surface area contributed by atoms with E-state index < -0.39 is 11.4 Å². The Balaban J connectivity index is 2.00. The van der Waals surface area contributed by atoms with Crippen molar-refractivity contribution < 1.29 is 14.7 Å². The molecular formula is C15H23N3O3. The lowest BCUT2D eigenvalue weighted by Gasteiger charge is -2.32. The molecule has 6 heteroatoms. The van der Waals surface area contributed by atoms with Crippen LogP contribution in [-0.4, -0.2) is 27.2 Å². The summed E-state index contributed by atoms with van der Waals surface area (Å²) >= 11 is 0. The van der Waals surface area contributed by atoms with E-state index in [4.69, 9.17) is 0 Å². The molecule has 1 aromatic heterocycles. The second-order valence-electron chi connectivity index (χ2n) is 6.23. The van der Waals surface area contributed by atoms with Crippen molar-refractivity contribution in [1.82, 2.24) is 10.2 Å². The number of hydrogen-bond donors (Lipinski definition) is 3. The van der Waals surface area contributed by atoms with E-state index in [-0.39, 0.29) is 12.3 Å². The summed E-state index contributed by atoms with van der Waals surface area (Å²) in [7, 11) is 0. The number of carbonyl (C=O) groups excluding carboxylic acids is 1. The first kappa shape index (κ1) is 15.5. The van der Waals surface area contributed by atoms with Gasteiger partial charge in [0.05, 0.1) is 5.41 Å². The number of H-pyrrole nitrogens is 1. The number of amides is 1. The first-order valence-corrected chi connectivity index (χ1v) is 7.51. The number of nitrogens with one attached hydrogen (secondary N) is 2. The van der Waals surface area contributed by atoms with Gasteiger partial charge in [-0.15, -0.1) is 0 Å². The number of rotatable bonds is 5. The number of aromatic amines is 1. The van der Waals surface area contributed by atoms with Gasteiger partial charge in [0.1, 0.15) is 0 Å². The molecule has 0 aliphatic heterocycles. The maximum Gasteiger partial charge on any atom is 0.310 e. The summed E-state index contributed by atoms with van der Waals surface area (Å²) in [6, 6.07) is 1.79. The van der Waals surface area contributed by atoms with Gasteiger partial charge < -0.3 is 10.4 Å². The van der Waals surface area contributed by atoms with Crippen LogP contribution in [0.1, 0.15) is 64.0 Å². The minimum absolute atomic E-state index is 0.0200. The van der Waals surface area contributed by atoms with Gasteiger partial charge in [0.2, 0.25) is 5.91 Å². The SMILES string of the molecule is CC(C)c1cc(NC(=O)CC2(C(=O)O)CCCCC2)n[nH]1. The number of nitrogens with zero attached hydrogens (tertiary/aromatic N) is 1. The van der Waals surface area contributed by atoms with Crippen molar-refractivity contribution >= 4 is 17.7 Å². The Kier molecular flexibility index (Phi) is 4.65. The zero-order chi connectivity index (χ0) is 15.5. The molecule has 1 fully saturated rings. The average molecular weight is 293 g/mol. The van der Waals surface area contributed by atoms with Gasteiger partial charge in [-0.25, -0.2) is 0 Å². The van der Waals surface area contributed by atoms with Crippen molar-refractivity contribution in [2.24, 2.45) is 5.41 Å². The fraction of sp³-hybridized carbons (Fsp3) is 0.667. The summed E-state index contributed by atoms with van der Waals surface area (Å²) in [6.07, 6.45) is 3.97. The smallest absolute Gasteiger partial charge is 0.310 e. The van der Waals surface area contributed by atoms with Gasteiger partial charge in [-0.3, -0.25) is 14.7 Å². The number of carboxylic acid groups (broad SMARTS) is 1. The molecule has 0 spiro atoms. The fourth-order valence-electron chi connectivity index (χ4n) is 2.89. The Morgan fingerprint density at radius 1 is 1.38 bits per heavy atom. The molecule has 0 atom stereocenters. The Morgan fingerprint density at radius 2 is 2.05 bits per heavy atom. The van der Waals surface area contributed by atoms with Gasteiger partial charge in [0.15, 0.2) is 5.82 Å². The molecule has 0 radical (unpaired) electrons. The number of aromatic nitrogens is 2. The predicted molar refractivity (Wildman–Crippen MR) is 79.1 cm³/mol. The van der Waals surface area contributed by atoms with Crippen molar-refractivity contribution in [2.45, 2.75) is 58.3 Å². The second-order valence-corrected chi connectivity index (χ2v) is 6.23. The molecule has 6 nitrogen and oxygen atoms in total. The molecule has 1 amide bonds. The third kappa shape index (κ3) is 3.62. The molecular weight excluding hydrogens is 270 g/mol. The molecule has 0 saturated heterocycles. The highest BCUT2D eigenvalue weighted by Gasteiger charge is 2.41. The molecule has 1 aliphatic carbocycles. The maximum absolute atomic E-state index is 12.1. The molecule has 1 heterocycles. The highest BCUT2D eigenvalue weighted by atomic mass is 16.4. The topological polar surface area (TPSA) is 95.1 Å². The van der Waals surface area contributed by atoms with Crippen molar-refractivity contribution in [2.75, 3.05) is 5.32 Å². The molecule has 0 bridgehead atoms. The van der Waals surface area contributed by atoms with E-state index in [0.717, 1.165) is 25.0 Å². The van der Waals surface area contributed by atoms with E-state index in [1.165, 1.54) is 0 Å². The molecule has 21 heavy (non-hydrogen) atoms. The van der Waals surface area contributed by atoms with Gasteiger partial charge in [-0.05, 0) is 18.8 Å². The van der Waals surface area contributed by atoms with Crippen LogP contribution in [0.25, 0.3) is 0 Å². The Morgan fingerprint density at radius 3 is 2.57 bits per heavy atom. The van der Waals surface area contributed by atoms with Crippen LogP contribution < -0.4 is 5.32 Å². The summed E-state index contributed by atoms with van der Waals surface area (Å²) in [6.45, 7) is 4.06. The van der Waals surface area contributed by atoms with Crippen LogP contribution in [0.15, 0.2) is 6.07 Å². The summed E-state index contributed by atoms with van der Waals surface area (Å²) in [5, 5.41) is 19.1. The predicted octanol–water partition coefficient (Wildman–Crippen LogP) is 2.90. The largest absolute Gasteiger partial charge is 0.481 e. The van der Waals surface area contributed by atoms with Gasteiger partial charge in [-0.1, -0.05) is 33.1 Å². The van der Waals surface area contributed by atoms with Crippen LogP contribution in [-0.2, 0) is 9.59 Å². The zero-order valence-corrected chi connectivity index (χ0v) is 12.6. The molecule has 3 N–H and O–H groups in total. The minimum Gasteiger partial charge on any atom is -0.481 e. The highest BCUT2D eigenvalue weighted by molar-refractivity contribution is 5.93. The number of aliphatic carboxylic acids is 1. The standard InChI is InChI=1S/C15H23N3O3/c1-10(2)11-8-12(18-17-11)16-13(19)9-15(14(20)21)6-4-3-5-7-15/h8,10H,3-7,9H2,1-2H3,(H,20,21)(H2,16,17,18,19). The van der Waals surface area contributed by atoms with Crippen molar-refractivity contribution in [3.8, 4) is 0 Å². The quantitative estimate of drug-likeness (QED) is 0.778. The number of carbonyl (C=O) groups is 2. The third-order valence-corrected chi connectivity index (χ3v) is 4.25. The minimum atomic E-state index is -0.903. The maximum atomic E-state index is 12.1. The summed E-state index contributed by atoms with van der Waals surface area (Å²) in [5.41, 5.74) is 0.0374. The molecule has 1 saturated carbocycles. The molecule has 116 valence electrons. The van der Waals surface area contributed by atoms with E-state index in [0.29, 0.717) is 24.6 Å². The second kappa shape index (κ2) is 6.28. The van der Waals surface area contributed by atoms with Crippen molar-refractivity contribution in [3.63, 3.8) is 0 Å². The van der Waals surface area contributed by atoms with Gasteiger partial charge in [-0.2, -0.15) is 5.10 Å². The van der Waals surface area contributed by atoms with Gasteiger partial charge >= 0.3 is 5.97 Å². The first-order chi connectivity index (χ1) is 9.93. The van der Waals surface area contributed by atoms with E-state index >= 15 is 0 Å². The lowest BCUT2D eigenvalue weighted by Crippen LogP contribution is -2.37. The normalized spacial score (nSPS) is 17.7. The van der Waals surface area contributed by atoms with Crippen molar-refractivity contribution in [1.29, 1.82) is 0 Å². The summed E-state index contributed by atoms with van der Waals surface area (Å²) < 4.78 is 0. The van der Waals surface area contributed by atoms with Crippen LogP contribution >= 0.6 is 0 Å². The lowest BCUT2D eigenvalue weighted by atomic mass is 9.71.